The summed E-state index contributed by atoms with van der Waals surface area (Å²) >= 11 is 1.37. The van der Waals surface area contributed by atoms with Crippen molar-refractivity contribution < 1.29 is 17.9 Å². The molecule has 0 spiro atoms. The Kier molecular flexibility index (Phi) is 7.37. The molecule has 1 aromatic carbocycles. The third-order valence-electron chi connectivity index (χ3n) is 5.45. The quantitative estimate of drug-likeness (QED) is 0.487. The molecule has 3 heterocycles. The number of ether oxygens (including phenoxy) is 1. The average Bonchev–Trinajstić information content (AvgIpc) is 3.42. The van der Waals surface area contributed by atoms with E-state index in [-0.39, 0.29) is 17.2 Å². The van der Waals surface area contributed by atoms with Gasteiger partial charge < -0.3 is 14.6 Å². The maximum Gasteiger partial charge on any atom is 0.243 e. The molecule has 12 heteroatoms. The van der Waals surface area contributed by atoms with Crippen molar-refractivity contribution >= 4 is 43.4 Å². The van der Waals surface area contributed by atoms with Gasteiger partial charge in [-0.25, -0.2) is 13.4 Å². The fraction of sp³-hybridized carbons (Fsp3) is 0.524. The van der Waals surface area contributed by atoms with Crippen LogP contribution in [0.15, 0.2) is 23.1 Å². The van der Waals surface area contributed by atoms with Crippen LogP contribution in [0.3, 0.4) is 0 Å². The first-order valence-corrected chi connectivity index (χ1v) is 13.4. The number of benzene rings is 1. The highest BCUT2D eigenvalue weighted by Gasteiger charge is 2.27. The molecule has 3 aromatic rings. The molecule has 1 saturated heterocycles. The fourth-order valence-electron chi connectivity index (χ4n) is 3.77. The van der Waals surface area contributed by atoms with Crippen LogP contribution in [-0.4, -0.2) is 64.7 Å². The maximum absolute atomic E-state index is 13.0. The molecule has 1 N–H and O–H groups in total. The van der Waals surface area contributed by atoms with Crippen molar-refractivity contribution in [2.75, 3.05) is 31.6 Å². The van der Waals surface area contributed by atoms with Gasteiger partial charge >= 0.3 is 0 Å². The minimum absolute atomic E-state index is 0.153. The highest BCUT2D eigenvalue weighted by atomic mass is 32.2. The average molecular weight is 493 g/mol. The van der Waals surface area contributed by atoms with Crippen LogP contribution in [0.2, 0.25) is 0 Å². The molecule has 0 atom stereocenters. The van der Waals surface area contributed by atoms with Crippen LogP contribution in [0.1, 0.15) is 37.5 Å². The van der Waals surface area contributed by atoms with Crippen molar-refractivity contribution in [2.24, 2.45) is 0 Å². The third-order valence-corrected chi connectivity index (χ3v) is 8.32. The van der Waals surface area contributed by atoms with E-state index in [0.717, 1.165) is 35.7 Å². The van der Waals surface area contributed by atoms with Crippen molar-refractivity contribution in [1.29, 1.82) is 0 Å². The van der Waals surface area contributed by atoms with Crippen LogP contribution in [-0.2, 0) is 38.9 Å². The summed E-state index contributed by atoms with van der Waals surface area (Å²) < 4.78 is 34.9. The molecule has 1 aliphatic heterocycles. The number of aryl methyl sites for hydroxylation is 3. The number of carbonyl (C=O) groups excluding carboxylic acids is 1. The van der Waals surface area contributed by atoms with Crippen LogP contribution in [0.4, 0.5) is 5.13 Å². The summed E-state index contributed by atoms with van der Waals surface area (Å²) in [5.74, 6) is 0.605. The summed E-state index contributed by atoms with van der Waals surface area (Å²) in [5, 5.41) is 12.2. The number of rotatable bonds is 9. The first-order chi connectivity index (χ1) is 15.9. The number of nitrogens with zero attached hydrogens (tertiary/aromatic N) is 5. The van der Waals surface area contributed by atoms with Crippen LogP contribution < -0.4 is 5.32 Å². The molecule has 33 heavy (non-hydrogen) atoms. The number of fused-ring (bicyclic) bond motifs is 1. The van der Waals surface area contributed by atoms with E-state index in [9.17, 15) is 13.2 Å². The Morgan fingerprint density at radius 1 is 1.21 bits per heavy atom. The fourth-order valence-corrected chi connectivity index (χ4v) is 5.90. The molecule has 0 saturated carbocycles. The molecule has 0 bridgehead atoms. The van der Waals surface area contributed by atoms with Crippen molar-refractivity contribution in [2.45, 2.75) is 51.0 Å². The first-order valence-electron chi connectivity index (χ1n) is 11.1. The number of hydrogen-bond donors (Lipinski definition) is 1. The minimum atomic E-state index is -3.60. The Labute approximate surface area is 197 Å². The second-order valence-corrected chi connectivity index (χ2v) is 10.7. The summed E-state index contributed by atoms with van der Waals surface area (Å²) in [4.78, 5) is 17.3. The lowest BCUT2D eigenvalue weighted by molar-refractivity contribution is -0.116. The Morgan fingerprint density at radius 2 is 2.00 bits per heavy atom. The number of amides is 1. The summed E-state index contributed by atoms with van der Waals surface area (Å²) in [6.07, 6.45) is 2.35. The number of nitrogens with one attached hydrogen (secondary N) is 1. The van der Waals surface area contributed by atoms with Gasteiger partial charge in [0.05, 0.1) is 29.1 Å². The van der Waals surface area contributed by atoms with E-state index in [4.69, 9.17) is 9.72 Å². The van der Waals surface area contributed by atoms with Crippen molar-refractivity contribution in [3.63, 3.8) is 0 Å². The molecule has 1 amide bonds. The van der Waals surface area contributed by atoms with Crippen LogP contribution >= 0.6 is 11.3 Å². The molecular formula is C21H28N6O4S2. The van der Waals surface area contributed by atoms with E-state index >= 15 is 0 Å². The SMILES string of the molecule is CCCn1c(CCC(=O)Nc2nnc(CC)s2)nc2cc(S(=O)(=O)N3CCOCC3)ccc21. The monoisotopic (exact) mass is 492 g/mol. The Morgan fingerprint density at radius 3 is 2.70 bits per heavy atom. The van der Waals surface area contributed by atoms with Gasteiger partial charge in [-0.05, 0) is 31.0 Å². The number of imidazole rings is 1. The minimum Gasteiger partial charge on any atom is -0.379 e. The second-order valence-electron chi connectivity index (χ2n) is 7.75. The van der Waals surface area contributed by atoms with Crippen molar-refractivity contribution in [3.05, 3.63) is 29.0 Å². The molecule has 0 aliphatic carbocycles. The number of morpholine rings is 1. The molecule has 4 rings (SSSR count). The number of anilines is 1. The van der Waals surface area contributed by atoms with E-state index in [2.05, 4.69) is 27.0 Å². The van der Waals surface area contributed by atoms with Gasteiger partial charge in [0.1, 0.15) is 10.8 Å². The predicted octanol–water partition coefficient (Wildman–Crippen LogP) is 2.45. The van der Waals surface area contributed by atoms with E-state index in [1.54, 1.807) is 12.1 Å². The molecule has 178 valence electrons. The molecule has 2 aromatic heterocycles. The summed E-state index contributed by atoms with van der Waals surface area (Å²) in [6, 6.07) is 5.07. The molecule has 0 unspecified atom stereocenters. The lowest BCUT2D eigenvalue weighted by atomic mass is 10.2. The normalized spacial score (nSPS) is 15.2. The summed E-state index contributed by atoms with van der Waals surface area (Å²) in [6.45, 7) is 6.28. The molecule has 1 fully saturated rings. The zero-order valence-corrected chi connectivity index (χ0v) is 20.4. The van der Waals surface area contributed by atoms with Gasteiger partial charge in [0.2, 0.25) is 21.1 Å². The number of sulfonamides is 1. The van der Waals surface area contributed by atoms with Gasteiger partial charge in [0, 0.05) is 32.5 Å². The highest BCUT2D eigenvalue weighted by Crippen LogP contribution is 2.24. The molecule has 10 nitrogen and oxygen atoms in total. The largest absolute Gasteiger partial charge is 0.379 e. The second kappa shape index (κ2) is 10.2. The topological polar surface area (TPSA) is 119 Å². The van der Waals surface area contributed by atoms with E-state index in [1.165, 1.54) is 15.6 Å². The lowest BCUT2D eigenvalue weighted by Crippen LogP contribution is -2.40. The Hall–Kier alpha value is -2.41. The molecule has 0 radical (unpaired) electrons. The van der Waals surface area contributed by atoms with Crippen molar-refractivity contribution in [3.8, 4) is 0 Å². The zero-order valence-electron chi connectivity index (χ0n) is 18.8. The zero-order chi connectivity index (χ0) is 23.4. The van der Waals surface area contributed by atoms with Gasteiger partial charge in [-0.3, -0.25) is 4.79 Å². The van der Waals surface area contributed by atoms with Gasteiger partial charge in [-0.15, -0.1) is 10.2 Å². The third kappa shape index (κ3) is 5.24. The van der Waals surface area contributed by atoms with Gasteiger partial charge in [0.15, 0.2) is 0 Å². The molecule has 1 aliphatic rings. The van der Waals surface area contributed by atoms with E-state index < -0.39 is 10.0 Å². The summed E-state index contributed by atoms with van der Waals surface area (Å²) in [7, 11) is -3.60. The number of aromatic nitrogens is 4. The Balaban J connectivity index is 1.53. The first kappa shape index (κ1) is 23.7. The van der Waals surface area contributed by atoms with Crippen molar-refractivity contribution in [1.82, 2.24) is 24.1 Å². The molecular weight excluding hydrogens is 464 g/mol. The standard InChI is InChI=1S/C21H28N6O4S2/c1-3-9-27-17-6-5-15(33(29,30)26-10-12-31-13-11-26)14-16(17)22-18(27)7-8-19(28)23-21-25-24-20(4-2)32-21/h5-6,14H,3-4,7-13H2,1-2H3,(H,23,25,28). The smallest absolute Gasteiger partial charge is 0.243 e. The Bertz CT molecular complexity index is 1230. The maximum atomic E-state index is 13.0. The lowest BCUT2D eigenvalue weighted by Gasteiger charge is -2.26. The van der Waals surface area contributed by atoms with Gasteiger partial charge in [-0.1, -0.05) is 25.2 Å². The van der Waals surface area contributed by atoms with Crippen LogP contribution in [0.25, 0.3) is 11.0 Å². The van der Waals surface area contributed by atoms with E-state index in [1.807, 2.05) is 13.0 Å². The predicted molar refractivity (Wildman–Crippen MR) is 126 cm³/mol. The van der Waals surface area contributed by atoms with Crippen LogP contribution in [0.5, 0.6) is 0 Å². The number of carbonyl (C=O) groups is 1. The van der Waals surface area contributed by atoms with E-state index in [0.29, 0.717) is 43.4 Å². The van der Waals surface area contributed by atoms with Gasteiger partial charge in [0.25, 0.3) is 0 Å². The van der Waals surface area contributed by atoms with Gasteiger partial charge in [-0.2, -0.15) is 4.31 Å². The highest BCUT2D eigenvalue weighted by molar-refractivity contribution is 7.89. The summed E-state index contributed by atoms with van der Waals surface area (Å²) in [5.41, 5.74) is 1.48. The van der Waals surface area contributed by atoms with Crippen LogP contribution in [0, 0.1) is 0 Å². The number of hydrogen-bond acceptors (Lipinski definition) is 8.